The Hall–Kier alpha value is -1.04. The number of hydrogen-bond acceptors (Lipinski definition) is 3. The van der Waals surface area contributed by atoms with Gasteiger partial charge < -0.3 is 0 Å². The number of sulfone groups is 1. The van der Waals surface area contributed by atoms with Crippen LogP contribution in [-0.4, -0.2) is 28.6 Å². The number of nitrogens with zero attached hydrogens (tertiary/aromatic N) is 2. The van der Waals surface area contributed by atoms with Gasteiger partial charge >= 0.3 is 5.69 Å². The Morgan fingerprint density at radius 3 is 2.25 bits per heavy atom. The maximum absolute atomic E-state index is 11.6. The summed E-state index contributed by atoms with van der Waals surface area (Å²) < 4.78 is 26.1. The summed E-state index contributed by atoms with van der Waals surface area (Å²) in [4.78, 5) is 11.6. The van der Waals surface area contributed by atoms with Crippen LogP contribution in [0.1, 0.15) is 20.8 Å². The molecule has 0 amide bonds. The molecule has 0 fully saturated rings. The van der Waals surface area contributed by atoms with Crippen molar-refractivity contribution >= 4 is 9.84 Å². The second kappa shape index (κ2) is 4.86. The van der Waals surface area contributed by atoms with E-state index in [9.17, 15) is 13.2 Å². The molecule has 6 heteroatoms. The molecule has 0 saturated carbocycles. The molecule has 1 rings (SSSR count). The van der Waals surface area contributed by atoms with Crippen molar-refractivity contribution in [2.24, 2.45) is 0 Å². The van der Waals surface area contributed by atoms with Crippen molar-refractivity contribution in [2.45, 2.75) is 39.1 Å². The van der Waals surface area contributed by atoms with Gasteiger partial charge in [-0.3, -0.25) is 9.13 Å². The second-order valence-electron chi connectivity index (χ2n) is 3.98. The van der Waals surface area contributed by atoms with Gasteiger partial charge in [-0.15, -0.1) is 0 Å². The highest BCUT2D eigenvalue weighted by molar-refractivity contribution is 7.91. The Kier molecular flexibility index (Phi) is 3.96. The zero-order chi connectivity index (χ0) is 12.3. The van der Waals surface area contributed by atoms with E-state index in [1.807, 2.05) is 6.92 Å². The number of imidazole rings is 1. The lowest BCUT2D eigenvalue weighted by Gasteiger charge is -2.07. The summed E-state index contributed by atoms with van der Waals surface area (Å²) in [5.41, 5.74) is -0.151. The standard InChI is InChI=1S/C10H18N2O3S/c1-4-11-5-6-12(10(11)13)7-8-16(14,15)9(2)3/h5-6,9H,4,7-8H2,1-3H3. The van der Waals surface area contributed by atoms with E-state index in [4.69, 9.17) is 0 Å². The predicted molar refractivity (Wildman–Crippen MR) is 63.3 cm³/mol. The van der Waals surface area contributed by atoms with Gasteiger partial charge in [-0.2, -0.15) is 0 Å². The van der Waals surface area contributed by atoms with Crippen LogP contribution < -0.4 is 5.69 Å². The smallest absolute Gasteiger partial charge is 0.300 e. The second-order valence-corrected chi connectivity index (χ2v) is 6.65. The molecule has 0 spiro atoms. The van der Waals surface area contributed by atoms with Gasteiger partial charge in [-0.25, -0.2) is 13.2 Å². The molecule has 0 radical (unpaired) electrons. The fourth-order valence-corrected chi connectivity index (χ4v) is 2.25. The van der Waals surface area contributed by atoms with Crippen LogP contribution >= 0.6 is 0 Å². The van der Waals surface area contributed by atoms with E-state index in [0.717, 1.165) is 0 Å². The third-order valence-electron chi connectivity index (χ3n) is 2.59. The molecule has 1 heterocycles. The lowest BCUT2D eigenvalue weighted by atomic mass is 10.6. The maximum Gasteiger partial charge on any atom is 0.328 e. The van der Waals surface area contributed by atoms with Crippen molar-refractivity contribution in [3.05, 3.63) is 22.9 Å². The van der Waals surface area contributed by atoms with Crippen LogP contribution in [0.2, 0.25) is 0 Å². The molecule has 16 heavy (non-hydrogen) atoms. The molecule has 5 nitrogen and oxygen atoms in total. The van der Waals surface area contributed by atoms with E-state index < -0.39 is 15.1 Å². The zero-order valence-electron chi connectivity index (χ0n) is 9.88. The molecule has 1 aromatic heterocycles. The summed E-state index contributed by atoms with van der Waals surface area (Å²) in [6, 6.07) is 0. The third kappa shape index (κ3) is 2.75. The summed E-state index contributed by atoms with van der Waals surface area (Å²) in [6.07, 6.45) is 3.30. The van der Waals surface area contributed by atoms with Gasteiger partial charge in [0.15, 0.2) is 9.84 Å². The Bertz CT molecular complexity index is 496. The monoisotopic (exact) mass is 246 g/mol. The van der Waals surface area contributed by atoms with E-state index in [1.54, 1.807) is 30.8 Å². The maximum atomic E-state index is 11.6. The first-order valence-corrected chi connectivity index (χ1v) is 7.07. The number of rotatable bonds is 5. The minimum atomic E-state index is -3.08. The fourth-order valence-electron chi connectivity index (χ4n) is 1.33. The molecule has 0 saturated heterocycles. The Labute approximate surface area is 95.6 Å². The Morgan fingerprint density at radius 1 is 1.25 bits per heavy atom. The van der Waals surface area contributed by atoms with Gasteiger partial charge in [0.2, 0.25) is 0 Å². The van der Waals surface area contributed by atoms with Crippen molar-refractivity contribution in [3.63, 3.8) is 0 Å². The van der Waals surface area contributed by atoms with Crippen molar-refractivity contribution in [2.75, 3.05) is 5.75 Å². The molecule has 0 aliphatic rings. The number of aryl methyl sites for hydroxylation is 2. The quantitative estimate of drug-likeness (QED) is 0.759. The Balaban J connectivity index is 2.77. The van der Waals surface area contributed by atoms with Crippen LogP contribution in [0.3, 0.4) is 0 Å². The van der Waals surface area contributed by atoms with Gasteiger partial charge in [0.25, 0.3) is 0 Å². The van der Waals surface area contributed by atoms with Gasteiger partial charge in [-0.1, -0.05) is 0 Å². The minimum absolute atomic E-state index is 0.0122. The van der Waals surface area contributed by atoms with Crippen LogP contribution in [0.15, 0.2) is 17.2 Å². The van der Waals surface area contributed by atoms with E-state index >= 15 is 0 Å². The first-order valence-electron chi connectivity index (χ1n) is 5.35. The topological polar surface area (TPSA) is 61.1 Å². The lowest BCUT2D eigenvalue weighted by molar-refractivity contribution is 0.576. The highest BCUT2D eigenvalue weighted by Gasteiger charge is 2.16. The van der Waals surface area contributed by atoms with Gasteiger partial charge in [-0.05, 0) is 20.8 Å². The minimum Gasteiger partial charge on any atom is -0.300 e. The predicted octanol–water partition coefficient (Wildman–Crippen LogP) is 0.493. The average molecular weight is 246 g/mol. The van der Waals surface area contributed by atoms with E-state index in [1.165, 1.54) is 4.57 Å². The van der Waals surface area contributed by atoms with Crippen LogP contribution in [0.25, 0.3) is 0 Å². The number of hydrogen-bond donors (Lipinski definition) is 0. The fraction of sp³-hybridized carbons (Fsp3) is 0.700. The highest BCUT2D eigenvalue weighted by Crippen LogP contribution is 2.01. The van der Waals surface area contributed by atoms with Gasteiger partial charge in [0, 0.05) is 25.5 Å². The van der Waals surface area contributed by atoms with Gasteiger partial charge in [0.05, 0.1) is 11.0 Å². The molecule has 0 aromatic carbocycles. The normalized spacial score (nSPS) is 12.2. The summed E-state index contributed by atoms with van der Waals surface area (Å²) in [5, 5.41) is -0.392. The van der Waals surface area contributed by atoms with Crippen molar-refractivity contribution in [3.8, 4) is 0 Å². The van der Waals surface area contributed by atoms with Crippen LogP contribution in [-0.2, 0) is 22.9 Å². The molecular formula is C10H18N2O3S. The molecule has 0 N–H and O–H groups in total. The van der Waals surface area contributed by atoms with E-state index in [-0.39, 0.29) is 18.0 Å². The van der Waals surface area contributed by atoms with Crippen LogP contribution in [0.5, 0.6) is 0 Å². The molecule has 92 valence electrons. The lowest BCUT2D eigenvalue weighted by Crippen LogP contribution is -2.28. The highest BCUT2D eigenvalue weighted by atomic mass is 32.2. The van der Waals surface area contributed by atoms with E-state index in [0.29, 0.717) is 6.54 Å². The summed E-state index contributed by atoms with van der Waals surface area (Å²) in [7, 11) is -3.08. The largest absolute Gasteiger partial charge is 0.328 e. The zero-order valence-corrected chi connectivity index (χ0v) is 10.7. The van der Waals surface area contributed by atoms with Crippen LogP contribution in [0.4, 0.5) is 0 Å². The van der Waals surface area contributed by atoms with E-state index in [2.05, 4.69) is 0 Å². The first-order chi connectivity index (χ1) is 7.38. The molecule has 0 aliphatic heterocycles. The molecule has 0 aliphatic carbocycles. The van der Waals surface area contributed by atoms with Crippen molar-refractivity contribution in [1.82, 2.24) is 9.13 Å². The average Bonchev–Trinajstić information content (AvgIpc) is 2.56. The summed E-state index contributed by atoms with van der Waals surface area (Å²) in [5.74, 6) is 0.0122. The van der Waals surface area contributed by atoms with Gasteiger partial charge in [0.1, 0.15) is 0 Å². The molecule has 0 unspecified atom stereocenters. The molecule has 0 bridgehead atoms. The Morgan fingerprint density at radius 2 is 1.81 bits per heavy atom. The molecular weight excluding hydrogens is 228 g/mol. The van der Waals surface area contributed by atoms with Crippen molar-refractivity contribution in [1.29, 1.82) is 0 Å². The van der Waals surface area contributed by atoms with Crippen molar-refractivity contribution < 1.29 is 8.42 Å². The summed E-state index contributed by atoms with van der Waals surface area (Å²) >= 11 is 0. The molecule has 1 aromatic rings. The SMILES string of the molecule is CCn1ccn(CCS(=O)(=O)C(C)C)c1=O. The first kappa shape index (κ1) is 13.0. The molecule has 0 atom stereocenters. The summed E-state index contributed by atoms with van der Waals surface area (Å²) in [6.45, 7) is 6.00. The number of aromatic nitrogens is 2. The third-order valence-corrected chi connectivity index (χ3v) is 4.78. The van der Waals surface area contributed by atoms with Crippen LogP contribution in [0, 0.1) is 0 Å².